The van der Waals surface area contributed by atoms with E-state index in [4.69, 9.17) is 0 Å². The second-order valence-corrected chi connectivity index (χ2v) is 6.11. The normalized spacial score (nSPS) is 30.8. The number of carbonyl (C=O) groups is 1. The van der Waals surface area contributed by atoms with Gasteiger partial charge in [0, 0.05) is 12.6 Å². The summed E-state index contributed by atoms with van der Waals surface area (Å²) in [5, 5.41) is 6.52. The van der Waals surface area contributed by atoms with Crippen molar-refractivity contribution in [3.63, 3.8) is 0 Å². The molecule has 1 aromatic carbocycles. The predicted molar refractivity (Wildman–Crippen MR) is 80.6 cm³/mol. The van der Waals surface area contributed by atoms with Crippen LogP contribution in [0.25, 0.3) is 0 Å². The third-order valence-electron chi connectivity index (χ3n) is 4.72. The van der Waals surface area contributed by atoms with Gasteiger partial charge in [0.1, 0.15) is 0 Å². The highest BCUT2D eigenvalue weighted by atomic mass is 16.2. The number of nitrogens with one attached hydrogen (secondary N) is 2. The topological polar surface area (TPSA) is 41.1 Å². The van der Waals surface area contributed by atoms with E-state index in [9.17, 15) is 4.79 Å². The third-order valence-corrected chi connectivity index (χ3v) is 4.72. The zero-order valence-corrected chi connectivity index (χ0v) is 12.0. The molecule has 2 fully saturated rings. The zero-order valence-electron chi connectivity index (χ0n) is 12.0. The summed E-state index contributed by atoms with van der Waals surface area (Å²) >= 11 is 0. The van der Waals surface area contributed by atoms with Crippen molar-refractivity contribution in [2.45, 2.75) is 56.5 Å². The number of rotatable bonds is 3. The Labute approximate surface area is 121 Å². The summed E-state index contributed by atoms with van der Waals surface area (Å²) in [4.78, 5) is 11.8. The number of benzene rings is 1. The van der Waals surface area contributed by atoms with Gasteiger partial charge in [0.05, 0.1) is 6.04 Å². The van der Waals surface area contributed by atoms with Crippen LogP contribution in [0.4, 0.5) is 0 Å². The van der Waals surface area contributed by atoms with Gasteiger partial charge in [-0.25, -0.2) is 0 Å². The summed E-state index contributed by atoms with van der Waals surface area (Å²) in [5.74, 6) is 0.899. The molecule has 0 radical (unpaired) electrons. The van der Waals surface area contributed by atoms with Crippen LogP contribution < -0.4 is 10.6 Å². The van der Waals surface area contributed by atoms with Gasteiger partial charge < -0.3 is 10.6 Å². The Bertz CT molecular complexity index is 438. The molecule has 0 aromatic heterocycles. The molecule has 20 heavy (non-hydrogen) atoms. The van der Waals surface area contributed by atoms with E-state index in [1.54, 1.807) is 0 Å². The van der Waals surface area contributed by atoms with E-state index in [2.05, 4.69) is 41.0 Å². The molecule has 108 valence electrons. The lowest BCUT2D eigenvalue weighted by Crippen LogP contribution is -2.52. The first-order chi connectivity index (χ1) is 9.83. The van der Waals surface area contributed by atoms with E-state index in [0.717, 1.165) is 19.4 Å². The van der Waals surface area contributed by atoms with Crippen molar-refractivity contribution in [3.8, 4) is 0 Å². The third kappa shape index (κ3) is 3.21. The molecule has 3 rings (SSSR count). The average Bonchev–Trinajstić information content (AvgIpc) is 2.51. The first-order valence-corrected chi connectivity index (χ1v) is 7.91. The van der Waals surface area contributed by atoms with Gasteiger partial charge in [-0.1, -0.05) is 30.3 Å². The maximum atomic E-state index is 11.8. The molecule has 3 nitrogen and oxygen atoms in total. The second kappa shape index (κ2) is 6.40. The number of piperidine rings is 1. The monoisotopic (exact) mass is 272 g/mol. The minimum absolute atomic E-state index is 0.0435. The number of carbonyl (C=O) groups excluding carboxylic acids is 1. The van der Waals surface area contributed by atoms with Gasteiger partial charge in [0.15, 0.2) is 0 Å². The fourth-order valence-electron chi connectivity index (χ4n) is 3.53. The molecule has 2 N–H and O–H groups in total. The fourth-order valence-corrected chi connectivity index (χ4v) is 3.53. The van der Waals surface area contributed by atoms with Gasteiger partial charge in [0.2, 0.25) is 5.91 Å². The molecule has 1 saturated carbocycles. The average molecular weight is 272 g/mol. The van der Waals surface area contributed by atoms with E-state index in [-0.39, 0.29) is 11.9 Å². The lowest BCUT2D eigenvalue weighted by atomic mass is 9.81. The van der Waals surface area contributed by atoms with Crippen molar-refractivity contribution in [2.75, 3.05) is 6.54 Å². The summed E-state index contributed by atoms with van der Waals surface area (Å²) in [6.45, 7) is 0.845. The lowest BCUT2D eigenvalue weighted by molar-refractivity contribution is -0.124. The van der Waals surface area contributed by atoms with Gasteiger partial charge in [0.25, 0.3) is 0 Å². The Morgan fingerprint density at radius 2 is 1.75 bits per heavy atom. The standard InChI is InChI=1S/C17H24N2O/c20-17-16(7-4-12-18-17)19-15-10-8-14(9-11-15)13-5-2-1-3-6-13/h1-3,5-6,14-16,19H,4,7-12H2,(H,18,20). The van der Waals surface area contributed by atoms with E-state index < -0.39 is 0 Å². The van der Waals surface area contributed by atoms with Crippen molar-refractivity contribution in [1.29, 1.82) is 0 Å². The largest absolute Gasteiger partial charge is 0.355 e. The molecule has 1 amide bonds. The van der Waals surface area contributed by atoms with Crippen LogP contribution in [-0.4, -0.2) is 24.5 Å². The van der Waals surface area contributed by atoms with Crippen LogP contribution >= 0.6 is 0 Å². The molecule has 1 atom stereocenters. The fraction of sp³-hybridized carbons (Fsp3) is 0.588. The van der Waals surface area contributed by atoms with Gasteiger partial charge in [-0.15, -0.1) is 0 Å². The zero-order chi connectivity index (χ0) is 13.8. The number of amides is 1. The molecule has 1 aliphatic heterocycles. The predicted octanol–water partition coefficient (Wildman–Crippen LogP) is 2.58. The van der Waals surface area contributed by atoms with Crippen LogP contribution in [0.5, 0.6) is 0 Å². The first-order valence-electron chi connectivity index (χ1n) is 7.91. The molecule has 3 heteroatoms. The quantitative estimate of drug-likeness (QED) is 0.888. The van der Waals surface area contributed by atoms with Gasteiger partial charge in [-0.3, -0.25) is 4.79 Å². The molecule has 0 spiro atoms. The number of hydrogen-bond acceptors (Lipinski definition) is 2. The van der Waals surface area contributed by atoms with Gasteiger partial charge in [-0.2, -0.15) is 0 Å². The minimum atomic E-state index is 0.0435. The summed E-state index contributed by atoms with van der Waals surface area (Å²) in [7, 11) is 0. The molecular weight excluding hydrogens is 248 g/mol. The second-order valence-electron chi connectivity index (χ2n) is 6.11. The molecule has 1 aliphatic carbocycles. The lowest BCUT2D eigenvalue weighted by Gasteiger charge is -2.33. The smallest absolute Gasteiger partial charge is 0.237 e. The Balaban J connectivity index is 1.50. The highest BCUT2D eigenvalue weighted by Crippen LogP contribution is 2.32. The number of hydrogen-bond donors (Lipinski definition) is 2. The molecule has 1 heterocycles. The molecule has 0 bridgehead atoms. The maximum absolute atomic E-state index is 11.8. The summed E-state index contributed by atoms with van der Waals surface area (Å²) in [6.07, 6.45) is 6.92. The van der Waals surface area contributed by atoms with Crippen molar-refractivity contribution in [2.24, 2.45) is 0 Å². The van der Waals surface area contributed by atoms with Crippen LogP contribution in [0.1, 0.15) is 50.0 Å². The maximum Gasteiger partial charge on any atom is 0.237 e. The highest BCUT2D eigenvalue weighted by Gasteiger charge is 2.27. The Kier molecular flexibility index (Phi) is 4.36. The Morgan fingerprint density at radius 1 is 1.00 bits per heavy atom. The molecule has 2 aliphatic rings. The van der Waals surface area contributed by atoms with Crippen molar-refractivity contribution < 1.29 is 4.79 Å². The Morgan fingerprint density at radius 3 is 2.45 bits per heavy atom. The van der Waals surface area contributed by atoms with Crippen LogP contribution in [0.15, 0.2) is 30.3 Å². The molecular formula is C17H24N2O. The Hall–Kier alpha value is -1.35. The molecule has 1 saturated heterocycles. The van der Waals surface area contributed by atoms with Crippen molar-refractivity contribution in [3.05, 3.63) is 35.9 Å². The summed E-state index contributed by atoms with van der Waals surface area (Å²) in [6, 6.07) is 11.4. The van der Waals surface area contributed by atoms with E-state index in [1.165, 1.54) is 31.2 Å². The SMILES string of the molecule is O=C1NCCCC1NC1CCC(c2ccccc2)CC1. The summed E-state index contributed by atoms with van der Waals surface area (Å²) in [5.41, 5.74) is 1.47. The van der Waals surface area contributed by atoms with Crippen molar-refractivity contribution >= 4 is 5.91 Å². The van der Waals surface area contributed by atoms with E-state index in [1.807, 2.05) is 0 Å². The van der Waals surface area contributed by atoms with E-state index >= 15 is 0 Å². The van der Waals surface area contributed by atoms with Gasteiger partial charge >= 0.3 is 0 Å². The van der Waals surface area contributed by atoms with Crippen LogP contribution in [-0.2, 0) is 4.79 Å². The molecule has 1 aromatic rings. The van der Waals surface area contributed by atoms with Crippen LogP contribution in [0.3, 0.4) is 0 Å². The van der Waals surface area contributed by atoms with Crippen LogP contribution in [0, 0.1) is 0 Å². The first kappa shape index (κ1) is 13.6. The highest BCUT2D eigenvalue weighted by molar-refractivity contribution is 5.82. The minimum Gasteiger partial charge on any atom is -0.355 e. The molecule has 1 unspecified atom stereocenters. The van der Waals surface area contributed by atoms with E-state index in [0.29, 0.717) is 12.0 Å². The summed E-state index contributed by atoms with van der Waals surface area (Å²) < 4.78 is 0. The van der Waals surface area contributed by atoms with Crippen molar-refractivity contribution in [1.82, 2.24) is 10.6 Å². The van der Waals surface area contributed by atoms with Crippen LogP contribution in [0.2, 0.25) is 0 Å². The van der Waals surface area contributed by atoms with Gasteiger partial charge in [-0.05, 0) is 50.0 Å².